The van der Waals surface area contributed by atoms with Crippen molar-refractivity contribution in [2.24, 2.45) is 5.92 Å². The van der Waals surface area contributed by atoms with Gasteiger partial charge in [-0.25, -0.2) is 0 Å². The first-order valence-electron chi connectivity index (χ1n) is 16.1. The summed E-state index contributed by atoms with van der Waals surface area (Å²) in [7, 11) is 0. The van der Waals surface area contributed by atoms with Crippen molar-refractivity contribution in [3.8, 4) is 11.1 Å². The van der Waals surface area contributed by atoms with Crippen LogP contribution in [0.3, 0.4) is 0 Å². The highest BCUT2D eigenvalue weighted by Gasteiger charge is 2.33. The third-order valence-electron chi connectivity index (χ3n) is 8.32. The van der Waals surface area contributed by atoms with Gasteiger partial charge in [-0.1, -0.05) is 106 Å². The smallest absolute Gasteiger partial charge is 0.289 e. The first-order valence-corrected chi connectivity index (χ1v) is 16.1. The van der Waals surface area contributed by atoms with Gasteiger partial charge < -0.3 is 21.3 Å². The van der Waals surface area contributed by atoms with Crippen molar-refractivity contribution in [3.63, 3.8) is 0 Å². The second kappa shape index (κ2) is 16.5. The molecule has 9 nitrogen and oxygen atoms in total. The van der Waals surface area contributed by atoms with Gasteiger partial charge in [0.2, 0.25) is 17.6 Å². The molecule has 0 bridgehead atoms. The number of rotatable bonds is 13. The number of carbonyl (C=O) groups excluding carboxylic acids is 5. The summed E-state index contributed by atoms with van der Waals surface area (Å²) in [4.78, 5) is 65.8. The first kappa shape index (κ1) is 34.1. The quantitative estimate of drug-likeness (QED) is 0.210. The molecule has 0 radical (unpaired) electrons. The van der Waals surface area contributed by atoms with Crippen LogP contribution in [0, 0.1) is 5.92 Å². The summed E-state index contributed by atoms with van der Waals surface area (Å²) in [5.41, 5.74) is 3.20. The van der Waals surface area contributed by atoms with Gasteiger partial charge in [0.05, 0.1) is 6.04 Å². The molecule has 1 aliphatic carbocycles. The molecule has 242 valence electrons. The number of Topliss-reactive ketones (excluding diaryl/α,β-unsaturated/α-hetero) is 1. The van der Waals surface area contributed by atoms with Crippen molar-refractivity contribution in [2.45, 2.75) is 83.5 Å². The van der Waals surface area contributed by atoms with Crippen molar-refractivity contribution in [2.75, 3.05) is 0 Å². The molecule has 3 atom stereocenters. The Kier molecular flexibility index (Phi) is 12.2. The van der Waals surface area contributed by atoms with E-state index >= 15 is 0 Å². The molecule has 4 amide bonds. The second-order valence-corrected chi connectivity index (χ2v) is 12.3. The predicted octanol–water partition coefficient (Wildman–Crippen LogP) is 4.36. The van der Waals surface area contributed by atoms with E-state index in [1.807, 2.05) is 72.8 Å². The van der Waals surface area contributed by atoms with Gasteiger partial charge in [0, 0.05) is 18.0 Å². The van der Waals surface area contributed by atoms with Gasteiger partial charge in [0.1, 0.15) is 12.1 Å². The van der Waals surface area contributed by atoms with Crippen LogP contribution >= 0.6 is 0 Å². The summed E-state index contributed by atoms with van der Waals surface area (Å²) in [6.45, 7) is 5.00. The van der Waals surface area contributed by atoms with Gasteiger partial charge in [0.25, 0.3) is 11.8 Å². The van der Waals surface area contributed by atoms with Crippen molar-refractivity contribution in [1.82, 2.24) is 21.3 Å². The number of hydrogen-bond donors (Lipinski definition) is 4. The third-order valence-corrected chi connectivity index (χ3v) is 8.32. The Balaban J connectivity index is 1.40. The lowest BCUT2D eigenvalue weighted by atomic mass is 9.94. The molecule has 4 N–H and O–H groups in total. The van der Waals surface area contributed by atoms with E-state index in [4.69, 9.17) is 0 Å². The molecule has 46 heavy (non-hydrogen) atoms. The van der Waals surface area contributed by atoms with Crippen molar-refractivity contribution < 1.29 is 24.0 Å². The lowest BCUT2D eigenvalue weighted by Crippen LogP contribution is -2.57. The van der Waals surface area contributed by atoms with Crippen LogP contribution in [0.1, 0.15) is 68.8 Å². The molecule has 0 heterocycles. The van der Waals surface area contributed by atoms with Crippen LogP contribution in [0.25, 0.3) is 11.1 Å². The van der Waals surface area contributed by atoms with Crippen LogP contribution in [0.4, 0.5) is 0 Å². The largest absolute Gasteiger partial charge is 0.347 e. The summed E-state index contributed by atoms with van der Waals surface area (Å²) >= 11 is 0. The first-order chi connectivity index (χ1) is 22.1. The fourth-order valence-corrected chi connectivity index (χ4v) is 5.58. The van der Waals surface area contributed by atoms with Crippen LogP contribution in [0.2, 0.25) is 0 Å². The maximum atomic E-state index is 13.5. The van der Waals surface area contributed by atoms with Gasteiger partial charge in [-0.15, -0.1) is 0 Å². The Morgan fingerprint density at radius 3 is 1.87 bits per heavy atom. The number of carbonyl (C=O) groups is 5. The SMILES string of the molecule is CC(C)C(NC(=O)[C@H](C)NC(=O)[C@@H](Cc1ccccc1)NC(=O)c1ccc(-c2ccccc2)cc1)C(=O)C(=O)NC1CCCCC1. The average molecular weight is 625 g/mol. The lowest BCUT2D eigenvalue weighted by molar-refractivity contribution is -0.141. The topological polar surface area (TPSA) is 133 Å². The maximum absolute atomic E-state index is 13.5. The van der Waals surface area contributed by atoms with Crippen LogP contribution in [-0.2, 0) is 25.6 Å². The van der Waals surface area contributed by atoms with Gasteiger partial charge in [-0.05, 0) is 54.5 Å². The van der Waals surface area contributed by atoms with Gasteiger partial charge in [-0.3, -0.25) is 24.0 Å². The Morgan fingerprint density at radius 1 is 0.674 bits per heavy atom. The summed E-state index contributed by atoms with van der Waals surface area (Å²) in [6, 6.07) is 23.1. The Hall–Kier alpha value is -4.79. The van der Waals surface area contributed by atoms with Crippen LogP contribution in [0.5, 0.6) is 0 Å². The molecule has 1 aliphatic rings. The summed E-state index contributed by atoms with van der Waals surface area (Å²) in [5, 5.41) is 11.0. The molecule has 3 aromatic carbocycles. The van der Waals surface area contributed by atoms with Gasteiger partial charge >= 0.3 is 0 Å². The van der Waals surface area contributed by atoms with E-state index < -0.39 is 47.5 Å². The molecular weight excluding hydrogens is 580 g/mol. The lowest BCUT2D eigenvalue weighted by Gasteiger charge is -2.26. The minimum Gasteiger partial charge on any atom is -0.347 e. The second-order valence-electron chi connectivity index (χ2n) is 12.3. The van der Waals surface area contributed by atoms with Gasteiger partial charge in [-0.2, -0.15) is 0 Å². The zero-order chi connectivity index (χ0) is 33.1. The molecule has 1 unspecified atom stereocenters. The van der Waals surface area contributed by atoms with Crippen LogP contribution < -0.4 is 21.3 Å². The standard InChI is InChI=1S/C37H44N4O5/c1-24(2)32(33(42)37(46)39-30-17-11-6-12-18-30)41-34(43)25(3)38-36(45)31(23-26-13-7-4-8-14-26)40-35(44)29-21-19-28(20-22-29)27-15-9-5-10-16-27/h4-5,7-10,13-16,19-22,24-25,30-32H,6,11-12,17-18,23H2,1-3H3,(H,38,45)(H,39,46)(H,40,44)(H,41,43)/t25-,31+,32?/m0/s1. The minimum absolute atomic E-state index is 0.0366. The molecule has 9 heteroatoms. The zero-order valence-electron chi connectivity index (χ0n) is 26.8. The van der Waals surface area contributed by atoms with E-state index in [0.29, 0.717) is 5.56 Å². The normalized spacial score (nSPS) is 15.2. The fraction of sp³-hybridized carbons (Fsp3) is 0.378. The van der Waals surface area contributed by atoms with Crippen molar-refractivity contribution >= 4 is 29.4 Å². The van der Waals surface area contributed by atoms with Crippen molar-refractivity contribution in [3.05, 3.63) is 96.1 Å². The van der Waals surface area contributed by atoms with E-state index in [9.17, 15) is 24.0 Å². The van der Waals surface area contributed by atoms with Gasteiger partial charge in [0.15, 0.2) is 0 Å². The number of hydrogen-bond acceptors (Lipinski definition) is 5. The predicted molar refractivity (Wildman–Crippen MR) is 178 cm³/mol. The molecule has 0 spiro atoms. The highest BCUT2D eigenvalue weighted by Crippen LogP contribution is 2.20. The van der Waals surface area contributed by atoms with E-state index in [-0.39, 0.29) is 18.4 Å². The van der Waals surface area contributed by atoms with Crippen LogP contribution in [0.15, 0.2) is 84.9 Å². The molecule has 4 rings (SSSR count). The zero-order valence-corrected chi connectivity index (χ0v) is 26.8. The van der Waals surface area contributed by atoms with Crippen molar-refractivity contribution in [1.29, 1.82) is 0 Å². The van der Waals surface area contributed by atoms with E-state index in [2.05, 4.69) is 21.3 Å². The summed E-state index contributed by atoms with van der Waals surface area (Å²) in [6.07, 6.45) is 5.00. The van der Waals surface area contributed by atoms with Crippen LogP contribution in [-0.4, -0.2) is 53.6 Å². The third kappa shape index (κ3) is 9.60. The Morgan fingerprint density at radius 2 is 1.26 bits per heavy atom. The molecule has 0 aliphatic heterocycles. The number of benzene rings is 3. The molecular formula is C37H44N4O5. The maximum Gasteiger partial charge on any atom is 0.289 e. The van der Waals surface area contributed by atoms with E-state index in [0.717, 1.165) is 48.8 Å². The number of amides is 4. The molecule has 1 fully saturated rings. The monoisotopic (exact) mass is 624 g/mol. The molecule has 0 saturated heterocycles. The van der Waals surface area contributed by atoms with E-state index in [1.165, 1.54) is 6.92 Å². The summed E-state index contributed by atoms with van der Waals surface area (Å²) in [5.74, 6) is -3.35. The average Bonchev–Trinajstić information content (AvgIpc) is 3.07. The summed E-state index contributed by atoms with van der Waals surface area (Å²) < 4.78 is 0. The molecule has 0 aromatic heterocycles. The number of ketones is 1. The highest BCUT2D eigenvalue weighted by molar-refractivity contribution is 6.38. The molecule has 3 aromatic rings. The Bertz CT molecular complexity index is 1490. The minimum atomic E-state index is -1.05. The van der Waals surface area contributed by atoms with E-state index in [1.54, 1.807) is 26.0 Å². The Labute approximate surface area is 270 Å². The highest BCUT2D eigenvalue weighted by atomic mass is 16.2. The fourth-order valence-electron chi connectivity index (χ4n) is 5.58. The number of nitrogens with one attached hydrogen (secondary N) is 4. The molecule has 1 saturated carbocycles.